The molecule has 0 spiro atoms. The van der Waals surface area contributed by atoms with Gasteiger partial charge < -0.3 is 10.1 Å². The quantitative estimate of drug-likeness (QED) is 0.694. The Morgan fingerprint density at radius 2 is 1.74 bits per heavy atom. The van der Waals surface area contributed by atoms with E-state index >= 15 is 0 Å². The van der Waals surface area contributed by atoms with Crippen molar-refractivity contribution in [3.8, 4) is 17.0 Å². The monoisotopic (exact) mass is 363 g/mol. The van der Waals surface area contributed by atoms with E-state index in [0.29, 0.717) is 12.3 Å². The van der Waals surface area contributed by atoms with Gasteiger partial charge in [-0.1, -0.05) is 57.2 Å². The molecule has 1 amide bonds. The molecule has 3 rings (SSSR count). The van der Waals surface area contributed by atoms with E-state index in [4.69, 9.17) is 4.74 Å². The standard InChI is InChI=1S/C22H25N3O2/c1-22(2,3)18-8-10-19(11-9-18)27-15-21(26)23-14-16-4-6-17(7-5-16)20-12-13-24-25-20/h4-13H,14-15H2,1-3H3,(H,23,26)(H,24,25). The highest BCUT2D eigenvalue weighted by Crippen LogP contribution is 2.24. The number of H-pyrrole nitrogens is 1. The molecule has 0 aliphatic carbocycles. The number of carbonyl (C=O) groups excluding carboxylic acids is 1. The van der Waals surface area contributed by atoms with Crippen LogP contribution in [-0.4, -0.2) is 22.7 Å². The summed E-state index contributed by atoms with van der Waals surface area (Å²) in [6.07, 6.45) is 1.72. The van der Waals surface area contributed by atoms with Crippen molar-refractivity contribution in [1.29, 1.82) is 0 Å². The van der Waals surface area contributed by atoms with Gasteiger partial charge in [-0.2, -0.15) is 5.10 Å². The average molecular weight is 363 g/mol. The molecule has 2 N–H and O–H groups in total. The molecule has 3 aromatic rings. The summed E-state index contributed by atoms with van der Waals surface area (Å²) in [6, 6.07) is 17.8. The second-order valence-electron chi connectivity index (χ2n) is 7.51. The van der Waals surface area contributed by atoms with Crippen molar-refractivity contribution >= 4 is 5.91 Å². The Bertz CT molecular complexity index is 861. The molecule has 0 aliphatic rings. The van der Waals surface area contributed by atoms with Gasteiger partial charge >= 0.3 is 0 Å². The molecule has 0 aliphatic heterocycles. The number of aromatic nitrogens is 2. The van der Waals surface area contributed by atoms with Crippen LogP contribution < -0.4 is 10.1 Å². The van der Waals surface area contributed by atoms with Crippen LogP contribution in [0.15, 0.2) is 60.8 Å². The van der Waals surface area contributed by atoms with Crippen LogP contribution in [0.1, 0.15) is 31.9 Å². The third kappa shape index (κ3) is 5.20. The summed E-state index contributed by atoms with van der Waals surface area (Å²) in [7, 11) is 0. The fourth-order valence-electron chi connectivity index (χ4n) is 2.67. The van der Waals surface area contributed by atoms with E-state index in [-0.39, 0.29) is 17.9 Å². The Hall–Kier alpha value is -3.08. The summed E-state index contributed by atoms with van der Waals surface area (Å²) >= 11 is 0. The number of ether oxygens (including phenoxy) is 1. The Balaban J connectivity index is 1.46. The van der Waals surface area contributed by atoms with Crippen molar-refractivity contribution in [2.45, 2.75) is 32.7 Å². The Morgan fingerprint density at radius 3 is 2.33 bits per heavy atom. The van der Waals surface area contributed by atoms with Crippen molar-refractivity contribution in [2.24, 2.45) is 0 Å². The maximum atomic E-state index is 12.0. The third-order valence-corrected chi connectivity index (χ3v) is 4.35. The van der Waals surface area contributed by atoms with E-state index in [1.165, 1.54) is 5.56 Å². The van der Waals surface area contributed by atoms with Crippen LogP contribution >= 0.6 is 0 Å². The maximum Gasteiger partial charge on any atom is 0.258 e. The number of benzene rings is 2. The van der Waals surface area contributed by atoms with E-state index in [1.807, 2.05) is 54.6 Å². The van der Waals surface area contributed by atoms with Gasteiger partial charge in [-0.15, -0.1) is 0 Å². The van der Waals surface area contributed by atoms with Gasteiger partial charge in [0.15, 0.2) is 6.61 Å². The molecule has 0 unspecified atom stereocenters. The van der Waals surface area contributed by atoms with Crippen molar-refractivity contribution in [1.82, 2.24) is 15.5 Å². The zero-order valence-corrected chi connectivity index (χ0v) is 16.0. The highest BCUT2D eigenvalue weighted by molar-refractivity contribution is 5.77. The minimum atomic E-state index is -0.146. The van der Waals surface area contributed by atoms with Crippen molar-refractivity contribution in [3.63, 3.8) is 0 Å². The second-order valence-corrected chi connectivity index (χ2v) is 7.51. The van der Waals surface area contributed by atoms with Crippen LogP contribution in [0, 0.1) is 0 Å². The summed E-state index contributed by atoms with van der Waals surface area (Å²) in [5, 5.41) is 9.75. The number of nitrogens with one attached hydrogen (secondary N) is 2. The zero-order valence-electron chi connectivity index (χ0n) is 16.0. The third-order valence-electron chi connectivity index (χ3n) is 4.35. The van der Waals surface area contributed by atoms with Crippen molar-refractivity contribution in [3.05, 3.63) is 71.9 Å². The first kappa shape index (κ1) is 18.7. The minimum absolute atomic E-state index is 0.00108. The smallest absolute Gasteiger partial charge is 0.258 e. The van der Waals surface area contributed by atoms with Gasteiger partial charge in [-0.25, -0.2) is 0 Å². The van der Waals surface area contributed by atoms with Crippen LogP contribution in [0.4, 0.5) is 0 Å². The molecule has 0 radical (unpaired) electrons. The van der Waals surface area contributed by atoms with Crippen molar-refractivity contribution < 1.29 is 9.53 Å². The normalized spacial score (nSPS) is 11.2. The minimum Gasteiger partial charge on any atom is -0.484 e. The molecular formula is C22H25N3O2. The number of aromatic amines is 1. The van der Waals surface area contributed by atoms with Gasteiger partial charge in [0.05, 0.1) is 5.69 Å². The fraction of sp³-hybridized carbons (Fsp3) is 0.273. The predicted molar refractivity (Wildman–Crippen MR) is 107 cm³/mol. The first-order chi connectivity index (χ1) is 12.9. The molecule has 140 valence electrons. The molecule has 0 saturated heterocycles. The van der Waals surface area contributed by atoms with Gasteiger partial charge in [0.1, 0.15) is 5.75 Å². The maximum absolute atomic E-state index is 12.0. The number of amides is 1. The van der Waals surface area contributed by atoms with Crippen LogP contribution in [0.2, 0.25) is 0 Å². The lowest BCUT2D eigenvalue weighted by atomic mass is 9.87. The van der Waals surface area contributed by atoms with E-state index in [1.54, 1.807) is 6.20 Å². The van der Waals surface area contributed by atoms with Gasteiger partial charge in [-0.05, 0) is 40.3 Å². The average Bonchev–Trinajstić information content (AvgIpc) is 3.19. The summed E-state index contributed by atoms with van der Waals surface area (Å²) in [4.78, 5) is 12.0. The Labute approximate surface area is 159 Å². The molecule has 0 atom stereocenters. The summed E-state index contributed by atoms with van der Waals surface area (Å²) in [6.45, 7) is 6.96. The largest absolute Gasteiger partial charge is 0.484 e. The molecule has 0 saturated carbocycles. The molecular weight excluding hydrogens is 338 g/mol. The lowest BCUT2D eigenvalue weighted by Crippen LogP contribution is -2.28. The van der Waals surface area contributed by atoms with E-state index in [9.17, 15) is 4.79 Å². The highest BCUT2D eigenvalue weighted by Gasteiger charge is 2.13. The first-order valence-corrected chi connectivity index (χ1v) is 9.00. The van der Waals surface area contributed by atoms with E-state index < -0.39 is 0 Å². The number of hydrogen-bond acceptors (Lipinski definition) is 3. The topological polar surface area (TPSA) is 67.0 Å². The van der Waals surface area contributed by atoms with Gasteiger partial charge in [0.2, 0.25) is 0 Å². The molecule has 27 heavy (non-hydrogen) atoms. The predicted octanol–water partition coefficient (Wildman–Crippen LogP) is 4.07. The lowest BCUT2D eigenvalue weighted by Gasteiger charge is -2.19. The van der Waals surface area contributed by atoms with Crippen LogP contribution in [0.5, 0.6) is 5.75 Å². The highest BCUT2D eigenvalue weighted by atomic mass is 16.5. The van der Waals surface area contributed by atoms with Crippen LogP contribution in [-0.2, 0) is 16.8 Å². The Kier molecular flexibility index (Phi) is 5.60. The summed E-state index contributed by atoms with van der Waals surface area (Å²) in [5.74, 6) is 0.551. The van der Waals surface area contributed by atoms with E-state index in [2.05, 4.69) is 36.3 Å². The zero-order chi connectivity index (χ0) is 19.3. The molecule has 1 heterocycles. The number of rotatable bonds is 6. The Morgan fingerprint density at radius 1 is 1.04 bits per heavy atom. The second kappa shape index (κ2) is 8.08. The molecule has 5 nitrogen and oxygen atoms in total. The van der Waals surface area contributed by atoms with Crippen molar-refractivity contribution in [2.75, 3.05) is 6.61 Å². The SMILES string of the molecule is CC(C)(C)c1ccc(OCC(=O)NCc2ccc(-c3ccn[nH]3)cc2)cc1. The molecule has 1 aromatic heterocycles. The number of nitrogens with zero attached hydrogens (tertiary/aromatic N) is 1. The van der Waals surface area contributed by atoms with Gasteiger partial charge in [0, 0.05) is 12.7 Å². The summed E-state index contributed by atoms with van der Waals surface area (Å²) in [5.41, 5.74) is 4.39. The van der Waals surface area contributed by atoms with E-state index in [0.717, 1.165) is 16.8 Å². The van der Waals surface area contributed by atoms with Crippen LogP contribution in [0.3, 0.4) is 0 Å². The molecule has 0 bridgehead atoms. The molecule has 0 fully saturated rings. The number of hydrogen-bond donors (Lipinski definition) is 2. The first-order valence-electron chi connectivity index (χ1n) is 9.00. The molecule has 2 aromatic carbocycles. The van der Waals surface area contributed by atoms with Crippen LogP contribution in [0.25, 0.3) is 11.3 Å². The van der Waals surface area contributed by atoms with Gasteiger partial charge in [-0.3, -0.25) is 9.89 Å². The summed E-state index contributed by atoms with van der Waals surface area (Å²) < 4.78 is 5.57. The number of carbonyl (C=O) groups is 1. The lowest BCUT2D eigenvalue weighted by molar-refractivity contribution is -0.123. The van der Waals surface area contributed by atoms with Gasteiger partial charge in [0.25, 0.3) is 5.91 Å². The fourth-order valence-corrected chi connectivity index (χ4v) is 2.67. The molecule has 5 heteroatoms.